The molecule has 1 aliphatic rings. The lowest BCUT2D eigenvalue weighted by Gasteiger charge is -2.26. The Morgan fingerprint density at radius 1 is 1.38 bits per heavy atom. The Bertz CT molecular complexity index is 485. The van der Waals surface area contributed by atoms with Gasteiger partial charge in [-0.05, 0) is 44.7 Å². The molecular weight excluding hydrogens is 268 g/mol. The molecule has 1 fully saturated rings. The molecule has 6 nitrogen and oxygen atoms in total. The fraction of sp³-hybridized carbons (Fsp3) is 0.600. The van der Waals surface area contributed by atoms with E-state index < -0.39 is 5.91 Å². The van der Waals surface area contributed by atoms with Gasteiger partial charge in [0.1, 0.15) is 5.82 Å². The van der Waals surface area contributed by atoms with Gasteiger partial charge in [0, 0.05) is 18.3 Å². The number of hydrogen-bond acceptors (Lipinski definition) is 5. The smallest absolute Gasteiger partial charge is 0.252 e. The Kier molecular flexibility index (Phi) is 5.52. The van der Waals surface area contributed by atoms with E-state index >= 15 is 0 Å². The lowest BCUT2D eigenvalue weighted by Crippen LogP contribution is -2.31. The van der Waals surface area contributed by atoms with Crippen LogP contribution in [0.4, 0.5) is 5.82 Å². The standard InChI is InChI=1S/C15H24N4O2/c1-10-2-7-13(14(17)20)15(19-10)18-8-9-21-12-5-3-11(16)4-6-12/h2,7,11-12H,3-6,8-9,16H2,1H3,(H2,17,20)(H,18,19). The van der Waals surface area contributed by atoms with E-state index in [1.54, 1.807) is 12.1 Å². The van der Waals surface area contributed by atoms with Gasteiger partial charge >= 0.3 is 0 Å². The van der Waals surface area contributed by atoms with Gasteiger partial charge in [-0.15, -0.1) is 0 Å². The van der Waals surface area contributed by atoms with Crippen molar-refractivity contribution in [3.8, 4) is 0 Å². The molecule has 1 aromatic rings. The summed E-state index contributed by atoms with van der Waals surface area (Å²) < 4.78 is 5.82. The molecule has 1 saturated carbocycles. The van der Waals surface area contributed by atoms with Crippen molar-refractivity contribution in [3.05, 3.63) is 23.4 Å². The number of pyridine rings is 1. The van der Waals surface area contributed by atoms with Crippen LogP contribution in [0, 0.1) is 6.92 Å². The third kappa shape index (κ3) is 4.68. The lowest BCUT2D eigenvalue weighted by molar-refractivity contribution is 0.0313. The van der Waals surface area contributed by atoms with Crippen molar-refractivity contribution < 1.29 is 9.53 Å². The first-order valence-electron chi connectivity index (χ1n) is 7.44. The van der Waals surface area contributed by atoms with Gasteiger partial charge < -0.3 is 21.5 Å². The van der Waals surface area contributed by atoms with Gasteiger partial charge in [-0.25, -0.2) is 4.98 Å². The Morgan fingerprint density at radius 3 is 2.76 bits per heavy atom. The van der Waals surface area contributed by atoms with Gasteiger partial charge in [0.2, 0.25) is 0 Å². The zero-order valence-corrected chi connectivity index (χ0v) is 12.5. The normalized spacial score (nSPS) is 22.0. The van der Waals surface area contributed by atoms with Crippen LogP contribution in [0.2, 0.25) is 0 Å². The van der Waals surface area contributed by atoms with Crippen LogP contribution in [0.5, 0.6) is 0 Å². The summed E-state index contributed by atoms with van der Waals surface area (Å²) in [6.45, 7) is 3.05. The second-order valence-electron chi connectivity index (χ2n) is 5.55. The van der Waals surface area contributed by atoms with Crippen LogP contribution in [0.25, 0.3) is 0 Å². The maximum Gasteiger partial charge on any atom is 0.252 e. The van der Waals surface area contributed by atoms with E-state index in [4.69, 9.17) is 16.2 Å². The quantitative estimate of drug-likeness (QED) is 0.683. The van der Waals surface area contributed by atoms with Crippen LogP contribution in [0.1, 0.15) is 41.7 Å². The maximum absolute atomic E-state index is 11.3. The summed E-state index contributed by atoms with van der Waals surface area (Å²) in [6.07, 6.45) is 4.41. The molecule has 5 N–H and O–H groups in total. The number of nitrogens with zero attached hydrogens (tertiary/aromatic N) is 1. The number of amides is 1. The van der Waals surface area contributed by atoms with Gasteiger partial charge in [-0.2, -0.15) is 0 Å². The second kappa shape index (κ2) is 7.38. The minimum atomic E-state index is -0.479. The third-order valence-corrected chi connectivity index (χ3v) is 3.77. The van der Waals surface area contributed by atoms with Gasteiger partial charge in [-0.1, -0.05) is 0 Å². The molecule has 1 heterocycles. The Labute approximate surface area is 125 Å². The summed E-state index contributed by atoms with van der Waals surface area (Å²) in [5.74, 6) is 0.0453. The van der Waals surface area contributed by atoms with Crippen molar-refractivity contribution >= 4 is 11.7 Å². The van der Waals surface area contributed by atoms with Crippen LogP contribution in [0.15, 0.2) is 12.1 Å². The molecule has 21 heavy (non-hydrogen) atoms. The van der Waals surface area contributed by atoms with Crippen molar-refractivity contribution in [2.45, 2.75) is 44.8 Å². The van der Waals surface area contributed by atoms with Crippen molar-refractivity contribution in [2.75, 3.05) is 18.5 Å². The fourth-order valence-corrected chi connectivity index (χ4v) is 2.54. The number of nitrogens with two attached hydrogens (primary N) is 2. The highest BCUT2D eigenvalue weighted by Crippen LogP contribution is 2.19. The first-order chi connectivity index (χ1) is 10.1. The zero-order chi connectivity index (χ0) is 15.2. The molecule has 0 radical (unpaired) electrons. The van der Waals surface area contributed by atoms with E-state index in [0.29, 0.717) is 36.7 Å². The highest BCUT2D eigenvalue weighted by atomic mass is 16.5. The molecular formula is C15H24N4O2. The molecule has 2 rings (SSSR count). The molecule has 1 aliphatic carbocycles. The average Bonchev–Trinajstić information content (AvgIpc) is 2.45. The minimum Gasteiger partial charge on any atom is -0.376 e. The molecule has 1 amide bonds. The van der Waals surface area contributed by atoms with Crippen LogP contribution in [-0.4, -0.2) is 36.2 Å². The summed E-state index contributed by atoms with van der Waals surface area (Å²) in [5.41, 5.74) is 12.4. The number of nitrogens with one attached hydrogen (secondary N) is 1. The van der Waals surface area contributed by atoms with E-state index in [1.165, 1.54) is 0 Å². The number of rotatable bonds is 6. The largest absolute Gasteiger partial charge is 0.376 e. The van der Waals surface area contributed by atoms with Gasteiger partial charge in [-0.3, -0.25) is 4.79 Å². The molecule has 0 saturated heterocycles. The van der Waals surface area contributed by atoms with E-state index in [1.807, 2.05) is 6.92 Å². The van der Waals surface area contributed by atoms with Crippen molar-refractivity contribution in [1.82, 2.24) is 4.98 Å². The van der Waals surface area contributed by atoms with Crippen LogP contribution in [-0.2, 0) is 4.74 Å². The van der Waals surface area contributed by atoms with Gasteiger partial charge in [0.25, 0.3) is 5.91 Å². The van der Waals surface area contributed by atoms with E-state index in [9.17, 15) is 4.79 Å². The summed E-state index contributed by atoms with van der Waals surface area (Å²) >= 11 is 0. The Hall–Kier alpha value is -1.66. The van der Waals surface area contributed by atoms with E-state index in [0.717, 1.165) is 31.4 Å². The molecule has 6 heteroatoms. The number of aromatic nitrogens is 1. The van der Waals surface area contributed by atoms with E-state index in [2.05, 4.69) is 10.3 Å². The first-order valence-corrected chi connectivity index (χ1v) is 7.44. The number of hydrogen-bond donors (Lipinski definition) is 3. The van der Waals surface area contributed by atoms with E-state index in [-0.39, 0.29) is 0 Å². The summed E-state index contributed by atoms with van der Waals surface area (Å²) in [4.78, 5) is 15.6. The van der Waals surface area contributed by atoms with Crippen molar-refractivity contribution in [1.29, 1.82) is 0 Å². The molecule has 0 aromatic carbocycles. The van der Waals surface area contributed by atoms with Gasteiger partial charge in [0.05, 0.1) is 18.3 Å². The minimum absolute atomic E-state index is 0.299. The Balaban J connectivity index is 1.78. The number of anilines is 1. The summed E-state index contributed by atoms with van der Waals surface area (Å²) in [7, 11) is 0. The number of carbonyl (C=O) groups excluding carboxylic acids is 1. The molecule has 0 bridgehead atoms. The molecule has 0 unspecified atom stereocenters. The number of primary amides is 1. The maximum atomic E-state index is 11.3. The second-order valence-corrected chi connectivity index (χ2v) is 5.55. The topological polar surface area (TPSA) is 103 Å². The van der Waals surface area contributed by atoms with Crippen LogP contribution in [0.3, 0.4) is 0 Å². The lowest BCUT2D eigenvalue weighted by atomic mass is 9.94. The Morgan fingerprint density at radius 2 is 2.10 bits per heavy atom. The predicted molar refractivity (Wildman–Crippen MR) is 82.2 cm³/mol. The first kappa shape index (κ1) is 15.7. The number of carbonyl (C=O) groups is 1. The number of aryl methyl sites for hydroxylation is 1. The highest BCUT2D eigenvalue weighted by molar-refractivity contribution is 5.97. The SMILES string of the molecule is Cc1ccc(C(N)=O)c(NCCOC2CCC(N)CC2)n1. The van der Waals surface area contributed by atoms with Crippen LogP contribution < -0.4 is 16.8 Å². The van der Waals surface area contributed by atoms with Crippen LogP contribution >= 0.6 is 0 Å². The molecule has 0 atom stereocenters. The third-order valence-electron chi connectivity index (χ3n) is 3.77. The monoisotopic (exact) mass is 292 g/mol. The summed E-state index contributed by atoms with van der Waals surface area (Å²) in [5, 5.41) is 3.12. The van der Waals surface area contributed by atoms with Crippen molar-refractivity contribution in [2.24, 2.45) is 11.5 Å². The fourth-order valence-electron chi connectivity index (χ4n) is 2.54. The summed E-state index contributed by atoms with van der Waals surface area (Å²) in [6, 6.07) is 3.79. The molecule has 0 spiro atoms. The zero-order valence-electron chi connectivity index (χ0n) is 12.5. The van der Waals surface area contributed by atoms with Gasteiger partial charge in [0.15, 0.2) is 0 Å². The molecule has 116 valence electrons. The average molecular weight is 292 g/mol. The predicted octanol–water partition coefficient (Wildman–Crippen LogP) is 1.19. The number of ether oxygens (including phenoxy) is 1. The highest BCUT2D eigenvalue weighted by Gasteiger charge is 2.18. The molecule has 1 aromatic heterocycles. The molecule has 0 aliphatic heterocycles. The van der Waals surface area contributed by atoms with Crippen molar-refractivity contribution in [3.63, 3.8) is 0 Å².